The Morgan fingerprint density at radius 3 is 2.71 bits per heavy atom. The first kappa shape index (κ1) is 15.5. The van der Waals surface area contributed by atoms with E-state index < -0.39 is 6.04 Å². The van der Waals surface area contributed by atoms with Crippen molar-refractivity contribution in [2.75, 3.05) is 6.61 Å². The predicted molar refractivity (Wildman–Crippen MR) is 79.4 cm³/mol. The van der Waals surface area contributed by atoms with Crippen molar-refractivity contribution in [2.45, 2.75) is 45.3 Å². The molecular formula is C16H22N2O3. The number of benzene rings is 1. The van der Waals surface area contributed by atoms with Crippen LogP contribution in [0, 0.1) is 6.92 Å². The Bertz CT molecular complexity index is 513. The Morgan fingerprint density at radius 2 is 2.10 bits per heavy atom. The van der Waals surface area contributed by atoms with Crippen molar-refractivity contribution in [1.29, 1.82) is 0 Å². The van der Waals surface area contributed by atoms with Crippen LogP contribution >= 0.6 is 0 Å². The first-order valence-electron chi connectivity index (χ1n) is 7.27. The molecule has 0 bridgehead atoms. The summed E-state index contributed by atoms with van der Waals surface area (Å²) in [6, 6.07) is 7.22. The molecule has 2 N–H and O–H groups in total. The molecule has 21 heavy (non-hydrogen) atoms. The molecule has 2 rings (SSSR count). The lowest BCUT2D eigenvalue weighted by molar-refractivity contribution is -0.136. The van der Waals surface area contributed by atoms with Crippen LogP contribution in [0.15, 0.2) is 24.3 Å². The lowest BCUT2D eigenvalue weighted by atomic mass is 10.1. The van der Waals surface area contributed by atoms with Crippen LogP contribution in [0.1, 0.15) is 30.9 Å². The summed E-state index contributed by atoms with van der Waals surface area (Å²) in [5.74, 6) is -0.179. The number of hydrogen-bond acceptors (Lipinski definition) is 3. The van der Waals surface area contributed by atoms with E-state index in [4.69, 9.17) is 5.11 Å². The number of aliphatic hydroxyl groups excluding tert-OH is 1. The zero-order chi connectivity index (χ0) is 15.4. The second-order valence-electron chi connectivity index (χ2n) is 5.65. The molecule has 1 aromatic rings. The number of nitrogens with zero attached hydrogens (tertiary/aromatic N) is 1. The molecule has 0 aliphatic carbocycles. The highest BCUT2D eigenvalue weighted by Crippen LogP contribution is 2.22. The fraction of sp³-hybridized carbons (Fsp3) is 0.500. The Morgan fingerprint density at radius 1 is 1.43 bits per heavy atom. The maximum atomic E-state index is 12.2. The van der Waals surface area contributed by atoms with Gasteiger partial charge in [-0.15, -0.1) is 0 Å². The number of carbonyl (C=O) groups is 2. The van der Waals surface area contributed by atoms with Crippen LogP contribution in [0.3, 0.4) is 0 Å². The Labute approximate surface area is 125 Å². The third-order valence-electron chi connectivity index (χ3n) is 3.77. The maximum absolute atomic E-state index is 12.2. The summed E-state index contributed by atoms with van der Waals surface area (Å²) in [5.41, 5.74) is 2.18. The second kappa shape index (κ2) is 6.72. The Hall–Kier alpha value is -1.88. The van der Waals surface area contributed by atoms with E-state index in [9.17, 15) is 9.59 Å². The monoisotopic (exact) mass is 290 g/mol. The summed E-state index contributed by atoms with van der Waals surface area (Å²) in [7, 11) is 0. The summed E-state index contributed by atoms with van der Waals surface area (Å²) in [5, 5.41) is 11.7. The Kier molecular flexibility index (Phi) is 4.96. The van der Waals surface area contributed by atoms with Gasteiger partial charge in [0, 0.05) is 19.0 Å². The summed E-state index contributed by atoms with van der Waals surface area (Å²) >= 11 is 0. The van der Waals surface area contributed by atoms with E-state index in [0.717, 1.165) is 11.1 Å². The number of aryl methyl sites for hydroxylation is 1. The summed E-state index contributed by atoms with van der Waals surface area (Å²) in [6.45, 7) is 4.09. The van der Waals surface area contributed by atoms with Crippen molar-refractivity contribution < 1.29 is 14.7 Å². The third-order valence-corrected chi connectivity index (χ3v) is 3.77. The van der Waals surface area contributed by atoms with Crippen LogP contribution in [0.4, 0.5) is 0 Å². The average Bonchev–Trinajstić information content (AvgIpc) is 2.82. The van der Waals surface area contributed by atoms with Crippen molar-refractivity contribution >= 4 is 11.8 Å². The van der Waals surface area contributed by atoms with Crippen molar-refractivity contribution in [3.63, 3.8) is 0 Å². The highest BCUT2D eigenvalue weighted by molar-refractivity contribution is 5.91. The number of hydrogen-bond donors (Lipinski definition) is 2. The fourth-order valence-corrected chi connectivity index (χ4v) is 2.48. The van der Waals surface area contributed by atoms with Gasteiger partial charge < -0.3 is 15.3 Å². The molecule has 1 aromatic carbocycles. The van der Waals surface area contributed by atoms with Gasteiger partial charge in [-0.1, -0.05) is 29.8 Å². The van der Waals surface area contributed by atoms with Crippen LogP contribution in [0.5, 0.6) is 0 Å². The lowest BCUT2D eigenvalue weighted by Gasteiger charge is -2.25. The largest absolute Gasteiger partial charge is 0.394 e. The predicted octanol–water partition coefficient (Wildman–Crippen LogP) is 0.983. The minimum absolute atomic E-state index is 0.00683. The molecule has 5 heteroatoms. The molecule has 0 radical (unpaired) electrons. The van der Waals surface area contributed by atoms with Gasteiger partial charge >= 0.3 is 0 Å². The maximum Gasteiger partial charge on any atom is 0.243 e. The normalized spacial score (nSPS) is 19.7. The number of nitrogens with one attached hydrogen (secondary N) is 1. The number of carbonyl (C=O) groups excluding carboxylic acids is 2. The summed E-state index contributed by atoms with van der Waals surface area (Å²) in [4.78, 5) is 25.8. The van der Waals surface area contributed by atoms with Crippen molar-refractivity contribution in [3.05, 3.63) is 35.4 Å². The molecule has 114 valence electrons. The first-order chi connectivity index (χ1) is 10.0. The molecule has 0 saturated carbocycles. The van der Waals surface area contributed by atoms with Crippen LogP contribution < -0.4 is 5.32 Å². The minimum Gasteiger partial charge on any atom is -0.394 e. The number of aliphatic hydroxyl groups is 1. The van der Waals surface area contributed by atoms with Crippen LogP contribution in [-0.4, -0.2) is 40.5 Å². The van der Waals surface area contributed by atoms with Gasteiger partial charge in [0.05, 0.1) is 6.61 Å². The van der Waals surface area contributed by atoms with Crippen LogP contribution in [0.25, 0.3) is 0 Å². The van der Waals surface area contributed by atoms with Crippen molar-refractivity contribution in [2.24, 2.45) is 0 Å². The zero-order valence-corrected chi connectivity index (χ0v) is 12.5. The molecule has 2 unspecified atom stereocenters. The Balaban J connectivity index is 2.06. The smallest absolute Gasteiger partial charge is 0.243 e. The third kappa shape index (κ3) is 3.82. The SMILES string of the molecule is Cc1ccc(CN2C(=O)CCC2C(=O)NC(C)CO)cc1. The van der Waals surface area contributed by atoms with Gasteiger partial charge in [0.2, 0.25) is 11.8 Å². The van der Waals surface area contributed by atoms with Gasteiger partial charge in [-0.05, 0) is 25.8 Å². The summed E-state index contributed by atoms with van der Waals surface area (Å²) in [6.07, 6.45) is 0.937. The summed E-state index contributed by atoms with van der Waals surface area (Å²) < 4.78 is 0. The fourth-order valence-electron chi connectivity index (χ4n) is 2.48. The molecular weight excluding hydrogens is 268 g/mol. The van der Waals surface area contributed by atoms with E-state index >= 15 is 0 Å². The zero-order valence-electron chi connectivity index (χ0n) is 12.5. The van der Waals surface area contributed by atoms with Gasteiger partial charge in [-0.2, -0.15) is 0 Å². The molecule has 0 spiro atoms. The van der Waals surface area contributed by atoms with E-state index in [1.165, 1.54) is 0 Å². The highest BCUT2D eigenvalue weighted by atomic mass is 16.3. The molecule has 1 aliphatic rings. The van der Waals surface area contributed by atoms with E-state index in [1.54, 1.807) is 11.8 Å². The van der Waals surface area contributed by atoms with E-state index in [-0.39, 0.29) is 24.5 Å². The van der Waals surface area contributed by atoms with E-state index in [0.29, 0.717) is 19.4 Å². The topological polar surface area (TPSA) is 69.6 Å². The molecule has 1 aliphatic heterocycles. The highest BCUT2D eigenvalue weighted by Gasteiger charge is 2.36. The van der Waals surface area contributed by atoms with E-state index in [2.05, 4.69) is 5.32 Å². The molecule has 1 fully saturated rings. The first-order valence-corrected chi connectivity index (χ1v) is 7.27. The van der Waals surface area contributed by atoms with Gasteiger partial charge in [0.25, 0.3) is 0 Å². The molecule has 0 aromatic heterocycles. The van der Waals surface area contributed by atoms with Gasteiger partial charge in [-0.3, -0.25) is 9.59 Å². The van der Waals surface area contributed by atoms with Gasteiger partial charge in [0.15, 0.2) is 0 Å². The minimum atomic E-state index is -0.437. The van der Waals surface area contributed by atoms with E-state index in [1.807, 2.05) is 31.2 Å². The molecule has 5 nitrogen and oxygen atoms in total. The molecule has 1 heterocycles. The number of amides is 2. The van der Waals surface area contributed by atoms with Gasteiger partial charge in [-0.25, -0.2) is 0 Å². The second-order valence-corrected chi connectivity index (χ2v) is 5.65. The molecule has 1 saturated heterocycles. The average molecular weight is 290 g/mol. The lowest BCUT2D eigenvalue weighted by Crippen LogP contribution is -2.47. The van der Waals surface area contributed by atoms with Gasteiger partial charge in [0.1, 0.15) is 6.04 Å². The standard InChI is InChI=1S/C16H22N2O3/c1-11-3-5-13(6-4-11)9-18-14(7-8-15(18)20)16(21)17-12(2)10-19/h3-6,12,14,19H,7-10H2,1-2H3,(H,17,21). The van der Waals surface area contributed by atoms with Crippen molar-refractivity contribution in [3.8, 4) is 0 Å². The molecule has 2 amide bonds. The molecule has 2 atom stereocenters. The van der Waals surface area contributed by atoms with Crippen LogP contribution in [0.2, 0.25) is 0 Å². The van der Waals surface area contributed by atoms with Crippen molar-refractivity contribution in [1.82, 2.24) is 10.2 Å². The van der Waals surface area contributed by atoms with Crippen LogP contribution in [-0.2, 0) is 16.1 Å². The quantitative estimate of drug-likeness (QED) is 0.849. The number of rotatable bonds is 5. The number of likely N-dealkylation sites (tertiary alicyclic amines) is 1.